The zero-order chi connectivity index (χ0) is 15.1. The van der Waals surface area contributed by atoms with Crippen molar-refractivity contribution in [1.29, 1.82) is 0 Å². The Morgan fingerprint density at radius 3 is 2.25 bits per heavy atom. The molecular weight excluding hydrogens is 248 g/mol. The van der Waals surface area contributed by atoms with E-state index in [9.17, 15) is 10.2 Å². The molecule has 0 saturated carbocycles. The third-order valence-corrected chi connectivity index (χ3v) is 4.15. The molecule has 2 heteroatoms. The van der Waals surface area contributed by atoms with Crippen LogP contribution in [0.5, 0.6) is 0 Å². The summed E-state index contributed by atoms with van der Waals surface area (Å²) in [6, 6.07) is 6.67. The van der Waals surface area contributed by atoms with Gasteiger partial charge < -0.3 is 10.2 Å². The summed E-state index contributed by atoms with van der Waals surface area (Å²) in [6.45, 7) is 8.50. The predicted molar refractivity (Wildman–Crippen MR) is 85.2 cm³/mol. The van der Waals surface area contributed by atoms with Gasteiger partial charge in [0.05, 0.1) is 12.2 Å². The summed E-state index contributed by atoms with van der Waals surface area (Å²) >= 11 is 0. The minimum absolute atomic E-state index is 0.276. The Labute approximate surface area is 123 Å². The molecule has 20 heavy (non-hydrogen) atoms. The van der Waals surface area contributed by atoms with Crippen LogP contribution in [-0.2, 0) is 12.8 Å². The number of benzene rings is 1. The molecule has 1 aromatic rings. The van der Waals surface area contributed by atoms with Gasteiger partial charge in [-0.3, -0.25) is 0 Å². The van der Waals surface area contributed by atoms with Crippen molar-refractivity contribution >= 4 is 0 Å². The molecule has 2 nitrogen and oxygen atoms in total. The normalized spacial score (nSPS) is 15.9. The molecule has 2 N–H and O–H groups in total. The van der Waals surface area contributed by atoms with Crippen molar-refractivity contribution in [3.05, 3.63) is 34.9 Å². The van der Waals surface area contributed by atoms with E-state index in [1.165, 1.54) is 16.7 Å². The molecule has 114 valence electrons. The summed E-state index contributed by atoms with van der Waals surface area (Å²) in [6.07, 6.45) is 3.02. The van der Waals surface area contributed by atoms with Crippen LogP contribution in [0, 0.1) is 0 Å². The van der Waals surface area contributed by atoms with Crippen molar-refractivity contribution in [3.8, 4) is 0 Å². The molecule has 1 aromatic carbocycles. The second-order valence-corrected chi connectivity index (χ2v) is 5.80. The second kappa shape index (κ2) is 8.43. The van der Waals surface area contributed by atoms with Crippen LogP contribution in [-0.4, -0.2) is 22.4 Å². The first-order valence-electron chi connectivity index (χ1n) is 8.01. The van der Waals surface area contributed by atoms with Gasteiger partial charge in [-0.1, -0.05) is 52.3 Å². The molecule has 0 fully saturated rings. The number of aryl methyl sites for hydroxylation is 2. The van der Waals surface area contributed by atoms with Gasteiger partial charge in [0.15, 0.2) is 0 Å². The molecule has 3 unspecified atom stereocenters. The Morgan fingerprint density at radius 2 is 1.70 bits per heavy atom. The molecule has 0 aliphatic carbocycles. The number of hydrogen-bond donors (Lipinski definition) is 2. The number of aliphatic hydroxyl groups excluding tert-OH is 2. The smallest absolute Gasteiger partial charge is 0.0804 e. The van der Waals surface area contributed by atoms with Crippen LogP contribution in [0.25, 0.3) is 0 Å². The fourth-order valence-electron chi connectivity index (χ4n) is 2.78. The molecule has 0 bridgehead atoms. The van der Waals surface area contributed by atoms with E-state index in [-0.39, 0.29) is 5.92 Å². The highest BCUT2D eigenvalue weighted by molar-refractivity contribution is 5.34. The summed E-state index contributed by atoms with van der Waals surface area (Å²) in [4.78, 5) is 0. The highest BCUT2D eigenvalue weighted by atomic mass is 16.3. The molecule has 0 saturated heterocycles. The van der Waals surface area contributed by atoms with Gasteiger partial charge in [0.25, 0.3) is 0 Å². The largest absolute Gasteiger partial charge is 0.390 e. The zero-order valence-corrected chi connectivity index (χ0v) is 13.4. The molecule has 0 aliphatic rings. The quantitative estimate of drug-likeness (QED) is 0.759. The first-order chi connectivity index (χ1) is 9.53. The fourth-order valence-corrected chi connectivity index (χ4v) is 2.78. The average Bonchev–Trinajstić information content (AvgIpc) is 2.46. The maximum absolute atomic E-state index is 10.1. The Bertz CT molecular complexity index is 400. The van der Waals surface area contributed by atoms with E-state index < -0.39 is 12.2 Å². The lowest BCUT2D eigenvalue weighted by Gasteiger charge is -2.23. The highest BCUT2D eigenvalue weighted by Gasteiger charge is 2.20. The third kappa shape index (κ3) is 4.60. The van der Waals surface area contributed by atoms with E-state index in [0.717, 1.165) is 19.3 Å². The predicted octanol–water partition coefficient (Wildman–Crippen LogP) is 3.83. The summed E-state index contributed by atoms with van der Waals surface area (Å²) in [5.74, 6) is 0.276. The fraction of sp³-hybridized carbons (Fsp3) is 0.667. The van der Waals surface area contributed by atoms with Crippen molar-refractivity contribution in [2.45, 2.75) is 77.9 Å². The molecule has 0 heterocycles. The minimum Gasteiger partial charge on any atom is -0.390 e. The van der Waals surface area contributed by atoms with E-state index in [1.807, 2.05) is 6.92 Å². The Balaban J connectivity index is 2.82. The lowest BCUT2D eigenvalue weighted by atomic mass is 9.87. The van der Waals surface area contributed by atoms with E-state index in [0.29, 0.717) is 12.8 Å². The van der Waals surface area contributed by atoms with Crippen LogP contribution in [0.3, 0.4) is 0 Å². The maximum atomic E-state index is 10.1. The topological polar surface area (TPSA) is 40.5 Å². The summed E-state index contributed by atoms with van der Waals surface area (Å²) in [5, 5.41) is 20.0. The van der Waals surface area contributed by atoms with E-state index in [2.05, 4.69) is 39.0 Å². The lowest BCUT2D eigenvalue weighted by Crippen LogP contribution is -2.27. The zero-order valence-electron chi connectivity index (χ0n) is 13.4. The van der Waals surface area contributed by atoms with Crippen molar-refractivity contribution in [1.82, 2.24) is 0 Å². The molecule has 0 spiro atoms. The summed E-state index contributed by atoms with van der Waals surface area (Å²) in [7, 11) is 0. The maximum Gasteiger partial charge on any atom is 0.0804 e. The first kappa shape index (κ1) is 17.2. The van der Waals surface area contributed by atoms with Gasteiger partial charge in [-0.2, -0.15) is 0 Å². The third-order valence-electron chi connectivity index (χ3n) is 4.15. The minimum atomic E-state index is -0.625. The van der Waals surface area contributed by atoms with Gasteiger partial charge in [0, 0.05) is 0 Å². The molecule has 0 amide bonds. The SMILES string of the molecule is CCCC(O)C(O)CC(C)c1cc(CC)ccc1CC. The van der Waals surface area contributed by atoms with Crippen molar-refractivity contribution in [2.24, 2.45) is 0 Å². The summed E-state index contributed by atoms with van der Waals surface area (Å²) in [5.41, 5.74) is 4.02. The van der Waals surface area contributed by atoms with Gasteiger partial charge in [-0.15, -0.1) is 0 Å². The Hall–Kier alpha value is -0.860. The van der Waals surface area contributed by atoms with Crippen molar-refractivity contribution in [2.75, 3.05) is 0 Å². The van der Waals surface area contributed by atoms with Gasteiger partial charge in [-0.05, 0) is 48.3 Å². The first-order valence-corrected chi connectivity index (χ1v) is 8.01. The van der Waals surface area contributed by atoms with Crippen molar-refractivity contribution < 1.29 is 10.2 Å². The van der Waals surface area contributed by atoms with Crippen LogP contribution in [0.4, 0.5) is 0 Å². The Kier molecular flexibility index (Phi) is 7.25. The second-order valence-electron chi connectivity index (χ2n) is 5.80. The molecule has 0 radical (unpaired) electrons. The monoisotopic (exact) mass is 278 g/mol. The van der Waals surface area contributed by atoms with Crippen LogP contribution in [0.15, 0.2) is 18.2 Å². The van der Waals surface area contributed by atoms with Crippen LogP contribution in [0.2, 0.25) is 0 Å². The van der Waals surface area contributed by atoms with E-state index >= 15 is 0 Å². The molecule has 0 aliphatic heterocycles. The average molecular weight is 278 g/mol. The van der Waals surface area contributed by atoms with Crippen LogP contribution >= 0.6 is 0 Å². The van der Waals surface area contributed by atoms with Crippen LogP contribution in [0.1, 0.15) is 69.6 Å². The number of hydrogen-bond acceptors (Lipinski definition) is 2. The number of rotatable bonds is 8. The lowest BCUT2D eigenvalue weighted by molar-refractivity contribution is 0.00634. The summed E-state index contributed by atoms with van der Waals surface area (Å²) < 4.78 is 0. The standard InChI is InChI=1S/C18H30O2/c1-5-8-17(19)18(20)11-13(4)16-12-14(6-2)9-10-15(16)7-3/h9-10,12-13,17-20H,5-8,11H2,1-4H3. The van der Waals surface area contributed by atoms with Crippen molar-refractivity contribution in [3.63, 3.8) is 0 Å². The van der Waals surface area contributed by atoms with Gasteiger partial charge in [0.1, 0.15) is 0 Å². The Morgan fingerprint density at radius 1 is 1.00 bits per heavy atom. The molecule has 1 rings (SSSR count). The van der Waals surface area contributed by atoms with Crippen LogP contribution < -0.4 is 0 Å². The van der Waals surface area contributed by atoms with E-state index in [4.69, 9.17) is 0 Å². The highest BCUT2D eigenvalue weighted by Crippen LogP contribution is 2.27. The molecule has 3 atom stereocenters. The van der Waals surface area contributed by atoms with Gasteiger partial charge >= 0.3 is 0 Å². The van der Waals surface area contributed by atoms with Gasteiger partial charge in [0.2, 0.25) is 0 Å². The van der Waals surface area contributed by atoms with Gasteiger partial charge in [-0.25, -0.2) is 0 Å². The molecular formula is C18H30O2. The molecule has 0 aromatic heterocycles. The number of aliphatic hydroxyl groups is 2. The van der Waals surface area contributed by atoms with E-state index in [1.54, 1.807) is 0 Å².